The highest BCUT2D eigenvalue weighted by Gasteiger charge is 2.25. The molecule has 1 aromatic rings. The first-order valence-electron chi connectivity index (χ1n) is 10.4. The van der Waals surface area contributed by atoms with E-state index in [0.29, 0.717) is 25.7 Å². The molecule has 1 aliphatic carbocycles. The molecule has 6 nitrogen and oxygen atoms in total. The Balaban J connectivity index is 1.36. The zero-order chi connectivity index (χ0) is 20.9. The van der Waals surface area contributed by atoms with Crippen molar-refractivity contribution in [1.29, 1.82) is 0 Å². The van der Waals surface area contributed by atoms with E-state index in [4.69, 9.17) is 10.5 Å². The van der Waals surface area contributed by atoms with Gasteiger partial charge in [-0.1, -0.05) is 22.4 Å². The monoisotopic (exact) mass is 551 g/mol. The van der Waals surface area contributed by atoms with Gasteiger partial charge in [-0.3, -0.25) is 0 Å². The first kappa shape index (κ1) is 23.5. The number of anilines is 1. The van der Waals surface area contributed by atoms with E-state index < -0.39 is 10.0 Å². The minimum Gasteiger partial charge on any atom is -0.398 e. The lowest BCUT2D eigenvalue weighted by Gasteiger charge is -2.30. The average Bonchev–Trinajstić information content (AvgIpc) is 2.71. The van der Waals surface area contributed by atoms with Gasteiger partial charge in [0.1, 0.15) is 0 Å². The predicted molar refractivity (Wildman–Crippen MR) is 124 cm³/mol. The van der Waals surface area contributed by atoms with Gasteiger partial charge in [0.25, 0.3) is 0 Å². The third-order valence-corrected chi connectivity index (χ3v) is 8.79. The van der Waals surface area contributed by atoms with E-state index in [1.165, 1.54) is 0 Å². The lowest BCUT2D eigenvalue weighted by atomic mass is 9.93. The number of halogens is 2. The number of nitrogen functional groups attached to an aromatic ring is 1. The third kappa shape index (κ3) is 6.90. The topological polar surface area (TPSA) is 84.7 Å². The highest BCUT2D eigenvalue weighted by Crippen LogP contribution is 2.29. The SMILES string of the molecule is Nc1c(Br)cc(Br)cc1CNC1CCC(OCCS(=O)(=O)N2CCCCC2)CC1. The highest BCUT2D eigenvalue weighted by atomic mass is 79.9. The molecule has 1 saturated carbocycles. The summed E-state index contributed by atoms with van der Waals surface area (Å²) < 4.78 is 34.2. The lowest BCUT2D eigenvalue weighted by Crippen LogP contribution is -2.39. The van der Waals surface area contributed by atoms with Crippen LogP contribution in [0.4, 0.5) is 5.69 Å². The molecule has 0 bridgehead atoms. The quantitative estimate of drug-likeness (QED) is 0.476. The number of nitrogens with one attached hydrogen (secondary N) is 1. The predicted octanol–water partition coefficient (Wildman–Crippen LogP) is 4.03. The summed E-state index contributed by atoms with van der Waals surface area (Å²) in [5.41, 5.74) is 8.00. The maximum Gasteiger partial charge on any atom is 0.216 e. The van der Waals surface area contributed by atoms with Crippen LogP contribution in [0.15, 0.2) is 21.1 Å². The minimum absolute atomic E-state index is 0.0994. The molecule has 0 atom stereocenters. The number of benzene rings is 1. The molecule has 164 valence electrons. The van der Waals surface area contributed by atoms with Gasteiger partial charge >= 0.3 is 0 Å². The van der Waals surface area contributed by atoms with E-state index in [1.54, 1.807) is 4.31 Å². The molecule has 1 saturated heterocycles. The van der Waals surface area contributed by atoms with E-state index in [2.05, 4.69) is 37.2 Å². The van der Waals surface area contributed by atoms with Gasteiger partial charge in [-0.2, -0.15) is 0 Å². The molecule has 0 aromatic heterocycles. The van der Waals surface area contributed by atoms with Crippen LogP contribution in [0.3, 0.4) is 0 Å². The first-order chi connectivity index (χ1) is 13.8. The van der Waals surface area contributed by atoms with E-state index in [9.17, 15) is 8.42 Å². The molecule has 0 unspecified atom stereocenters. The molecule has 2 fully saturated rings. The van der Waals surface area contributed by atoms with Crippen LogP contribution in [0.2, 0.25) is 0 Å². The van der Waals surface area contributed by atoms with Crippen molar-refractivity contribution in [2.75, 3.05) is 31.2 Å². The van der Waals surface area contributed by atoms with Gasteiger partial charge in [-0.05, 0) is 72.2 Å². The van der Waals surface area contributed by atoms with Crippen LogP contribution in [0.25, 0.3) is 0 Å². The Morgan fingerprint density at radius 3 is 2.48 bits per heavy atom. The fourth-order valence-electron chi connectivity index (χ4n) is 4.06. The Labute approximate surface area is 191 Å². The van der Waals surface area contributed by atoms with Gasteiger partial charge in [-0.25, -0.2) is 12.7 Å². The number of rotatable bonds is 8. The van der Waals surface area contributed by atoms with Crippen molar-refractivity contribution in [3.05, 3.63) is 26.6 Å². The number of piperidine rings is 1. The van der Waals surface area contributed by atoms with Gasteiger partial charge in [0, 0.05) is 34.6 Å². The van der Waals surface area contributed by atoms with Gasteiger partial charge in [0.05, 0.1) is 24.2 Å². The number of ether oxygens (including phenoxy) is 1. The summed E-state index contributed by atoms with van der Waals surface area (Å²) in [5, 5.41) is 3.60. The Morgan fingerprint density at radius 2 is 1.79 bits per heavy atom. The van der Waals surface area contributed by atoms with Crippen molar-refractivity contribution < 1.29 is 13.2 Å². The molecule has 0 radical (unpaired) electrons. The van der Waals surface area contributed by atoms with Crippen molar-refractivity contribution in [3.63, 3.8) is 0 Å². The molecule has 3 rings (SSSR count). The summed E-state index contributed by atoms with van der Waals surface area (Å²) >= 11 is 7.00. The molecule has 9 heteroatoms. The highest BCUT2D eigenvalue weighted by molar-refractivity contribution is 9.11. The molecule has 1 aromatic carbocycles. The summed E-state index contributed by atoms with van der Waals surface area (Å²) in [6.07, 6.45) is 7.20. The Hall–Kier alpha value is -0.190. The van der Waals surface area contributed by atoms with Crippen LogP contribution in [-0.2, 0) is 21.3 Å². The number of hydrogen-bond donors (Lipinski definition) is 2. The molecular formula is C20H31Br2N3O3S. The number of nitrogens with two attached hydrogens (primary N) is 1. The lowest BCUT2D eigenvalue weighted by molar-refractivity contribution is 0.0309. The van der Waals surface area contributed by atoms with E-state index in [-0.39, 0.29) is 11.9 Å². The smallest absolute Gasteiger partial charge is 0.216 e. The molecule has 0 amide bonds. The largest absolute Gasteiger partial charge is 0.398 e. The van der Waals surface area contributed by atoms with Gasteiger partial charge in [0.2, 0.25) is 10.0 Å². The minimum atomic E-state index is -3.17. The van der Waals surface area contributed by atoms with Gasteiger partial charge in [-0.15, -0.1) is 0 Å². The number of hydrogen-bond acceptors (Lipinski definition) is 5. The second kappa shape index (κ2) is 10.9. The normalized spacial score (nSPS) is 23.9. The molecular weight excluding hydrogens is 522 g/mol. The molecule has 0 spiro atoms. The van der Waals surface area contributed by atoms with Crippen molar-refractivity contribution >= 4 is 47.6 Å². The van der Waals surface area contributed by atoms with Crippen molar-refractivity contribution in [1.82, 2.24) is 9.62 Å². The van der Waals surface area contributed by atoms with E-state index in [0.717, 1.165) is 71.7 Å². The summed E-state index contributed by atoms with van der Waals surface area (Å²) in [7, 11) is -3.17. The van der Waals surface area contributed by atoms with Crippen molar-refractivity contribution in [2.45, 2.75) is 63.6 Å². The van der Waals surface area contributed by atoms with Crippen LogP contribution in [0.1, 0.15) is 50.5 Å². The summed E-state index contributed by atoms with van der Waals surface area (Å²) in [6.45, 7) is 2.36. The van der Waals surface area contributed by atoms with Crippen LogP contribution >= 0.6 is 31.9 Å². The number of sulfonamides is 1. The van der Waals surface area contributed by atoms with Crippen molar-refractivity contribution in [2.24, 2.45) is 0 Å². The van der Waals surface area contributed by atoms with Gasteiger partial charge in [0.15, 0.2) is 0 Å². The number of nitrogens with zero attached hydrogens (tertiary/aromatic N) is 1. The zero-order valence-electron chi connectivity index (χ0n) is 16.7. The standard InChI is InChI=1S/C20H31Br2N3O3S/c21-16-12-15(20(23)19(22)13-16)14-24-17-4-6-18(7-5-17)28-10-11-29(26,27)25-8-2-1-3-9-25/h12-13,17-18,24H,1-11,14,23H2. The maximum atomic E-state index is 12.4. The van der Waals surface area contributed by atoms with E-state index in [1.807, 2.05) is 12.1 Å². The van der Waals surface area contributed by atoms with E-state index >= 15 is 0 Å². The van der Waals surface area contributed by atoms with Gasteiger partial charge < -0.3 is 15.8 Å². The second-order valence-electron chi connectivity index (χ2n) is 7.96. The summed E-state index contributed by atoms with van der Waals surface area (Å²) in [4.78, 5) is 0. The summed E-state index contributed by atoms with van der Waals surface area (Å²) in [5.74, 6) is 0.0994. The molecule has 2 aliphatic rings. The summed E-state index contributed by atoms with van der Waals surface area (Å²) in [6, 6.07) is 4.43. The molecule has 1 aliphatic heterocycles. The average molecular weight is 553 g/mol. The first-order valence-corrected chi connectivity index (χ1v) is 13.6. The Morgan fingerprint density at radius 1 is 1.10 bits per heavy atom. The molecule has 29 heavy (non-hydrogen) atoms. The van der Waals surface area contributed by atoms with Crippen LogP contribution in [0, 0.1) is 0 Å². The van der Waals surface area contributed by atoms with Crippen LogP contribution in [0.5, 0.6) is 0 Å². The fraction of sp³-hybridized carbons (Fsp3) is 0.700. The second-order valence-corrected chi connectivity index (χ2v) is 11.8. The fourth-order valence-corrected chi connectivity index (χ4v) is 6.76. The molecule has 3 N–H and O–H groups in total. The third-order valence-electron chi connectivity index (χ3n) is 5.84. The van der Waals surface area contributed by atoms with Crippen LogP contribution < -0.4 is 11.1 Å². The zero-order valence-corrected chi connectivity index (χ0v) is 20.7. The Kier molecular flexibility index (Phi) is 8.83. The maximum absolute atomic E-state index is 12.4. The molecule has 1 heterocycles. The van der Waals surface area contributed by atoms with Crippen molar-refractivity contribution in [3.8, 4) is 0 Å². The Bertz CT molecular complexity index is 777. The van der Waals surface area contributed by atoms with Crippen LogP contribution in [-0.4, -0.2) is 50.3 Å².